The monoisotopic (exact) mass is 228 g/mol. The summed E-state index contributed by atoms with van der Waals surface area (Å²) >= 11 is 5.75. The number of hydrogen-bond acceptors (Lipinski definition) is 2. The zero-order chi connectivity index (χ0) is 9.78. The summed E-state index contributed by atoms with van der Waals surface area (Å²) in [6.07, 6.45) is 2.06. The first-order chi connectivity index (χ1) is 5.37. The smallest absolute Gasteiger partial charge is 0.242 e. The topological polar surface area (TPSA) is 40.5 Å². The van der Waals surface area contributed by atoms with E-state index in [0.717, 1.165) is 12.8 Å². The maximum Gasteiger partial charge on any atom is 0.242 e. The zero-order valence-electron chi connectivity index (χ0n) is 7.73. The Labute approximate surface area is 83.7 Å². The summed E-state index contributed by atoms with van der Waals surface area (Å²) in [6.45, 7) is 6.25. The Kier molecular flexibility index (Phi) is 6.04. The molecule has 1 atom stereocenters. The molecule has 0 aromatic carbocycles. The molecule has 0 radical (unpaired) electrons. The Morgan fingerprint density at radius 3 is 2.17 bits per heavy atom. The third kappa shape index (κ3) is 6.44. The predicted molar refractivity (Wildman–Crippen MR) is 59.8 cm³/mol. The maximum absolute atomic E-state index is 9.11. The van der Waals surface area contributed by atoms with Gasteiger partial charge in [-0.2, -0.15) is 0 Å². The molecule has 0 heterocycles. The van der Waals surface area contributed by atoms with Crippen LogP contribution in [0.5, 0.6) is 0 Å². The summed E-state index contributed by atoms with van der Waals surface area (Å²) in [5.41, 5.74) is -3.06. The van der Waals surface area contributed by atoms with Gasteiger partial charge in [0.15, 0.2) is 0 Å². The van der Waals surface area contributed by atoms with E-state index in [-0.39, 0.29) is 5.25 Å². The van der Waals surface area contributed by atoms with E-state index >= 15 is 0 Å². The second-order valence-corrected chi connectivity index (χ2v) is 9.35. The molecule has 5 heteroatoms. The average Bonchev–Trinajstić information content (AvgIpc) is 1.83. The molecule has 0 spiro atoms. The van der Waals surface area contributed by atoms with Gasteiger partial charge < -0.3 is 9.79 Å². The first-order valence-corrected chi connectivity index (χ1v) is 8.30. The normalized spacial score (nSPS) is 15.2. The van der Waals surface area contributed by atoms with Crippen LogP contribution in [0.4, 0.5) is 0 Å². The Bertz CT molecular complexity index is 167. The molecular formula is C7H17O2PS2. The van der Waals surface area contributed by atoms with Gasteiger partial charge in [-0.05, 0) is 24.1 Å². The molecule has 0 saturated carbocycles. The molecule has 0 bridgehead atoms. The fourth-order valence-electron chi connectivity index (χ4n) is 0.969. The Balaban J connectivity index is 4.05. The molecule has 1 unspecified atom stereocenters. The van der Waals surface area contributed by atoms with Crippen LogP contribution in [0.25, 0.3) is 0 Å². The SMILES string of the molecule is CCCC(SP(O)(O)=S)C(C)C. The van der Waals surface area contributed by atoms with Crippen LogP contribution in [0.3, 0.4) is 0 Å². The minimum absolute atomic E-state index is 0.288. The van der Waals surface area contributed by atoms with Crippen molar-refractivity contribution < 1.29 is 9.79 Å². The fraction of sp³-hybridized carbons (Fsp3) is 1.00. The molecule has 0 aromatic heterocycles. The second-order valence-electron chi connectivity index (χ2n) is 3.17. The van der Waals surface area contributed by atoms with Crippen molar-refractivity contribution in [3.05, 3.63) is 0 Å². The van der Waals surface area contributed by atoms with Gasteiger partial charge in [0.05, 0.1) is 0 Å². The molecule has 2 nitrogen and oxygen atoms in total. The third-order valence-electron chi connectivity index (χ3n) is 1.59. The molecule has 0 saturated heterocycles. The molecule has 0 aliphatic carbocycles. The first kappa shape index (κ1) is 12.9. The van der Waals surface area contributed by atoms with Gasteiger partial charge in [0.1, 0.15) is 0 Å². The summed E-state index contributed by atoms with van der Waals surface area (Å²) in [5.74, 6) is 0.455. The highest BCUT2D eigenvalue weighted by Gasteiger charge is 2.20. The fourth-order valence-corrected chi connectivity index (χ4v) is 5.01. The minimum Gasteiger partial charge on any atom is -0.338 e. The lowest BCUT2D eigenvalue weighted by Gasteiger charge is -2.21. The van der Waals surface area contributed by atoms with Crippen molar-refractivity contribution in [2.45, 2.75) is 38.9 Å². The summed E-state index contributed by atoms with van der Waals surface area (Å²) in [7, 11) is 0. The van der Waals surface area contributed by atoms with Gasteiger partial charge in [-0.15, -0.1) is 0 Å². The van der Waals surface area contributed by atoms with Gasteiger partial charge in [-0.25, -0.2) is 0 Å². The van der Waals surface area contributed by atoms with Gasteiger partial charge in [0.2, 0.25) is 5.69 Å². The molecule has 0 rings (SSSR count). The standard InChI is InChI=1S/C7H17O2PS2/c1-4-5-7(6(2)3)12-10(8,9)11/h6-7H,4-5H2,1-3H3,(H2,8,9,11). The van der Waals surface area contributed by atoms with Crippen molar-refractivity contribution >= 4 is 28.9 Å². The van der Waals surface area contributed by atoms with Gasteiger partial charge >= 0.3 is 0 Å². The molecule has 0 fully saturated rings. The van der Waals surface area contributed by atoms with Crippen LogP contribution in [0.1, 0.15) is 33.6 Å². The van der Waals surface area contributed by atoms with Crippen molar-refractivity contribution in [3.8, 4) is 0 Å². The van der Waals surface area contributed by atoms with Crippen LogP contribution in [0.15, 0.2) is 0 Å². The lowest BCUT2D eigenvalue weighted by Crippen LogP contribution is -2.10. The van der Waals surface area contributed by atoms with E-state index in [4.69, 9.17) is 9.79 Å². The number of hydrogen-bond donors (Lipinski definition) is 2. The van der Waals surface area contributed by atoms with Crippen LogP contribution >= 0.6 is 17.1 Å². The van der Waals surface area contributed by atoms with E-state index in [2.05, 4.69) is 32.6 Å². The lowest BCUT2D eigenvalue weighted by molar-refractivity contribution is 0.499. The highest BCUT2D eigenvalue weighted by molar-refractivity contribution is 8.67. The Morgan fingerprint density at radius 1 is 1.42 bits per heavy atom. The maximum atomic E-state index is 9.11. The molecule has 74 valence electrons. The van der Waals surface area contributed by atoms with Crippen LogP contribution in [0, 0.1) is 5.92 Å². The molecule has 0 aliphatic heterocycles. The summed E-state index contributed by atoms with van der Waals surface area (Å²) in [4.78, 5) is 18.2. The molecule has 0 aromatic rings. The molecule has 2 N–H and O–H groups in total. The van der Waals surface area contributed by atoms with Crippen LogP contribution in [0.2, 0.25) is 0 Å². The van der Waals surface area contributed by atoms with E-state index in [1.165, 1.54) is 11.4 Å². The Hall–Kier alpha value is 0.920. The van der Waals surface area contributed by atoms with Crippen LogP contribution < -0.4 is 0 Å². The van der Waals surface area contributed by atoms with E-state index < -0.39 is 5.69 Å². The van der Waals surface area contributed by atoms with E-state index in [0.29, 0.717) is 5.92 Å². The van der Waals surface area contributed by atoms with Crippen molar-refractivity contribution in [1.29, 1.82) is 0 Å². The predicted octanol–water partition coefficient (Wildman–Crippen LogP) is 2.75. The largest absolute Gasteiger partial charge is 0.338 e. The van der Waals surface area contributed by atoms with Crippen LogP contribution in [-0.4, -0.2) is 15.0 Å². The second kappa shape index (κ2) is 5.61. The lowest BCUT2D eigenvalue weighted by atomic mass is 10.1. The van der Waals surface area contributed by atoms with Crippen molar-refractivity contribution in [3.63, 3.8) is 0 Å². The van der Waals surface area contributed by atoms with Gasteiger partial charge in [-0.3, -0.25) is 0 Å². The first-order valence-electron chi connectivity index (χ1n) is 4.10. The third-order valence-corrected chi connectivity index (χ3v) is 5.33. The molecular weight excluding hydrogens is 211 g/mol. The van der Waals surface area contributed by atoms with Gasteiger partial charge in [0, 0.05) is 5.25 Å². The van der Waals surface area contributed by atoms with Crippen molar-refractivity contribution in [1.82, 2.24) is 0 Å². The highest BCUT2D eigenvalue weighted by Crippen LogP contribution is 2.55. The molecule has 0 aliphatic rings. The summed E-state index contributed by atoms with van der Waals surface area (Å²) in [6, 6.07) is 0. The average molecular weight is 228 g/mol. The zero-order valence-corrected chi connectivity index (χ0v) is 10.3. The number of rotatable bonds is 5. The highest BCUT2D eigenvalue weighted by atomic mass is 32.9. The van der Waals surface area contributed by atoms with Crippen molar-refractivity contribution in [2.75, 3.05) is 0 Å². The Morgan fingerprint density at radius 2 is 1.92 bits per heavy atom. The summed E-state index contributed by atoms with van der Waals surface area (Å²) in [5, 5.41) is 0.288. The van der Waals surface area contributed by atoms with Crippen molar-refractivity contribution in [2.24, 2.45) is 5.92 Å². The quantitative estimate of drug-likeness (QED) is 0.710. The molecule has 0 amide bonds. The minimum atomic E-state index is -3.06. The molecule has 12 heavy (non-hydrogen) atoms. The summed E-state index contributed by atoms with van der Waals surface area (Å²) < 4.78 is 0. The van der Waals surface area contributed by atoms with Crippen LogP contribution in [-0.2, 0) is 11.8 Å². The van der Waals surface area contributed by atoms with E-state index in [1.807, 2.05) is 0 Å². The van der Waals surface area contributed by atoms with E-state index in [9.17, 15) is 0 Å². The van der Waals surface area contributed by atoms with Gasteiger partial charge in [-0.1, -0.05) is 38.6 Å². The van der Waals surface area contributed by atoms with E-state index in [1.54, 1.807) is 0 Å². The van der Waals surface area contributed by atoms with Gasteiger partial charge in [0.25, 0.3) is 0 Å².